The molecule has 7 nitrogen and oxygen atoms in total. The smallest absolute Gasteiger partial charge is 0.407 e. The molecule has 0 aliphatic carbocycles. The van der Waals surface area contributed by atoms with Crippen LogP contribution in [0.1, 0.15) is 27.2 Å². The first-order valence-electron chi connectivity index (χ1n) is 6.50. The van der Waals surface area contributed by atoms with Crippen molar-refractivity contribution in [3.8, 4) is 0 Å². The lowest BCUT2D eigenvalue weighted by Crippen LogP contribution is -2.33. The average Bonchev–Trinajstić information content (AvgIpc) is 2.31. The molecule has 0 saturated carbocycles. The molecule has 112 valence electrons. The van der Waals surface area contributed by atoms with Crippen molar-refractivity contribution in [3.63, 3.8) is 0 Å². The van der Waals surface area contributed by atoms with Crippen LogP contribution in [0.25, 0.3) is 0 Å². The first-order valence-corrected chi connectivity index (χ1v) is 6.50. The van der Waals surface area contributed by atoms with E-state index < -0.39 is 11.7 Å². The second-order valence-corrected chi connectivity index (χ2v) is 5.38. The molecule has 0 bridgehead atoms. The lowest BCUT2D eigenvalue weighted by atomic mass is 10.2. The number of rotatable bonds is 5. The van der Waals surface area contributed by atoms with E-state index in [1.807, 2.05) is 20.8 Å². The van der Waals surface area contributed by atoms with Crippen LogP contribution in [-0.4, -0.2) is 29.8 Å². The van der Waals surface area contributed by atoms with Gasteiger partial charge in [-0.1, -0.05) is 0 Å². The maximum atomic E-state index is 11.4. The lowest BCUT2D eigenvalue weighted by molar-refractivity contribution is 0.0528. The van der Waals surface area contributed by atoms with Crippen molar-refractivity contribution in [2.24, 2.45) is 0 Å². The van der Waals surface area contributed by atoms with Crippen LogP contribution in [0.2, 0.25) is 0 Å². The number of amides is 1. The molecular weight excluding hydrogens is 258 g/mol. The fourth-order valence-electron chi connectivity index (χ4n) is 1.39. The third kappa shape index (κ3) is 6.12. The van der Waals surface area contributed by atoms with Crippen LogP contribution in [0.3, 0.4) is 0 Å². The van der Waals surface area contributed by atoms with Crippen LogP contribution in [0.5, 0.6) is 0 Å². The Morgan fingerprint density at radius 2 is 2.00 bits per heavy atom. The zero-order chi connectivity index (χ0) is 15.2. The van der Waals surface area contributed by atoms with Gasteiger partial charge in [-0.2, -0.15) is 0 Å². The number of nitrogens with one attached hydrogen (secondary N) is 2. The van der Waals surface area contributed by atoms with Gasteiger partial charge in [0.05, 0.1) is 5.69 Å². The number of anilines is 3. The molecule has 6 N–H and O–H groups in total. The molecule has 20 heavy (non-hydrogen) atoms. The van der Waals surface area contributed by atoms with E-state index in [1.165, 1.54) is 0 Å². The monoisotopic (exact) mass is 281 g/mol. The molecule has 0 aliphatic heterocycles. The summed E-state index contributed by atoms with van der Waals surface area (Å²) < 4.78 is 5.12. The van der Waals surface area contributed by atoms with E-state index in [1.54, 1.807) is 12.1 Å². The van der Waals surface area contributed by atoms with Gasteiger partial charge in [-0.05, 0) is 39.3 Å². The molecule has 0 atom stereocenters. The predicted octanol–water partition coefficient (Wildman–Crippen LogP) is 1.57. The number of nitrogen functional groups attached to an aromatic ring is 2. The van der Waals surface area contributed by atoms with Crippen molar-refractivity contribution >= 4 is 23.4 Å². The van der Waals surface area contributed by atoms with Gasteiger partial charge < -0.3 is 26.8 Å². The van der Waals surface area contributed by atoms with Crippen LogP contribution in [-0.2, 0) is 4.74 Å². The van der Waals surface area contributed by atoms with Crippen LogP contribution in [0.15, 0.2) is 12.1 Å². The minimum atomic E-state index is -0.478. The van der Waals surface area contributed by atoms with Crippen molar-refractivity contribution in [3.05, 3.63) is 12.1 Å². The second-order valence-electron chi connectivity index (χ2n) is 5.38. The van der Waals surface area contributed by atoms with Gasteiger partial charge in [-0.3, -0.25) is 0 Å². The molecule has 1 amide bonds. The number of hydrogen-bond donors (Lipinski definition) is 4. The van der Waals surface area contributed by atoms with E-state index in [2.05, 4.69) is 15.6 Å². The third-order valence-corrected chi connectivity index (χ3v) is 2.29. The minimum absolute atomic E-state index is 0.307. The molecular formula is C13H23N5O2. The number of alkyl carbamates (subject to hydrolysis) is 1. The molecule has 1 rings (SSSR count). The summed E-state index contributed by atoms with van der Waals surface area (Å²) in [5, 5.41) is 5.78. The number of hydrogen-bond acceptors (Lipinski definition) is 6. The average molecular weight is 281 g/mol. The van der Waals surface area contributed by atoms with Crippen LogP contribution >= 0.6 is 0 Å². The van der Waals surface area contributed by atoms with Gasteiger partial charge in [0.25, 0.3) is 0 Å². The maximum absolute atomic E-state index is 11.4. The van der Waals surface area contributed by atoms with Crippen LogP contribution in [0, 0.1) is 0 Å². The van der Waals surface area contributed by atoms with Gasteiger partial charge in [-0.15, -0.1) is 0 Å². The fraction of sp³-hybridized carbons (Fsp3) is 0.538. The van der Waals surface area contributed by atoms with Gasteiger partial charge in [0.2, 0.25) is 0 Å². The number of carbonyl (C=O) groups is 1. The molecule has 1 aromatic rings. The van der Waals surface area contributed by atoms with E-state index in [9.17, 15) is 4.79 Å². The molecule has 0 aromatic carbocycles. The first kappa shape index (κ1) is 15.9. The number of pyridine rings is 1. The molecule has 0 aliphatic rings. The fourth-order valence-corrected chi connectivity index (χ4v) is 1.39. The SMILES string of the molecule is CC(C)(C)OC(=O)NCCCNc1ccc(N)c(N)n1. The highest BCUT2D eigenvalue weighted by molar-refractivity contribution is 5.67. The molecule has 0 fully saturated rings. The number of nitrogens with two attached hydrogens (primary N) is 2. The molecule has 0 saturated heterocycles. The number of carbonyl (C=O) groups excluding carboxylic acids is 1. The number of ether oxygens (including phenoxy) is 1. The van der Waals surface area contributed by atoms with E-state index in [4.69, 9.17) is 16.2 Å². The molecule has 7 heteroatoms. The highest BCUT2D eigenvalue weighted by Gasteiger charge is 2.15. The van der Waals surface area contributed by atoms with Gasteiger partial charge in [0.1, 0.15) is 17.2 Å². The molecule has 0 unspecified atom stereocenters. The van der Waals surface area contributed by atoms with Crippen molar-refractivity contribution in [2.45, 2.75) is 32.8 Å². The summed E-state index contributed by atoms with van der Waals surface area (Å²) in [5.41, 5.74) is 11.2. The molecule has 0 spiro atoms. The number of aromatic nitrogens is 1. The Hall–Kier alpha value is -2.18. The summed E-state index contributed by atoms with van der Waals surface area (Å²) in [6, 6.07) is 3.45. The molecule has 0 radical (unpaired) electrons. The van der Waals surface area contributed by atoms with E-state index in [0.29, 0.717) is 30.4 Å². The summed E-state index contributed by atoms with van der Waals surface area (Å²) >= 11 is 0. The van der Waals surface area contributed by atoms with Crippen LogP contribution < -0.4 is 22.1 Å². The highest BCUT2D eigenvalue weighted by Crippen LogP contribution is 2.14. The summed E-state index contributed by atoms with van der Waals surface area (Å²) in [5.74, 6) is 0.968. The Kier molecular flexibility index (Phi) is 5.42. The Balaban J connectivity index is 2.19. The maximum Gasteiger partial charge on any atom is 0.407 e. The van der Waals surface area contributed by atoms with E-state index in [0.717, 1.165) is 6.42 Å². The normalized spacial score (nSPS) is 10.9. The van der Waals surface area contributed by atoms with Crippen molar-refractivity contribution in [1.29, 1.82) is 0 Å². The third-order valence-electron chi connectivity index (χ3n) is 2.29. The summed E-state index contributed by atoms with van der Waals surface area (Å²) in [7, 11) is 0. The highest BCUT2D eigenvalue weighted by atomic mass is 16.6. The van der Waals surface area contributed by atoms with Crippen molar-refractivity contribution < 1.29 is 9.53 Å². The molecule has 1 heterocycles. The van der Waals surface area contributed by atoms with E-state index >= 15 is 0 Å². The summed E-state index contributed by atoms with van der Waals surface area (Å²) in [6.45, 7) is 6.65. The first-order chi connectivity index (χ1) is 9.28. The number of nitrogens with zero attached hydrogens (tertiary/aromatic N) is 1. The predicted molar refractivity (Wildman–Crippen MR) is 80.4 cm³/mol. The summed E-state index contributed by atoms with van der Waals surface area (Å²) in [4.78, 5) is 15.5. The van der Waals surface area contributed by atoms with Crippen molar-refractivity contribution in [1.82, 2.24) is 10.3 Å². The van der Waals surface area contributed by atoms with Gasteiger partial charge in [0, 0.05) is 13.1 Å². The standard InChI is InChI=1S/C13H23N5O2/c1-13(2,3)20-12(19)17-8-4-7-16-10-6-5-9(14)11(15)18-10/h5-6H,4,7-8,14H2,1-3H3,(H,17,19)(H3,15,16,18). The Morgan fingerprint density at radius 3 is 2.60 bits per heavy atom. The van der Waals surface area contributed by atoms with Crippen molar-refractivity contribution in [2.75, 3.05) is 29.9 Å². The van der Waals surface area contributed by atoms with Gasteiger partial charge >= 0.3 is 6.09 Å². The van der Waals surface area contributed by atoms with Gasteiger partial charge in [-0.25, -0.2) is 9.78 Å². The van der Waals surface area contributed by atoms with Crippen LogP contribution in [0.4, 0.5) is 22.1 Å². The Morgan fingerprint density at radius 1 is 1.30 bits per heavy atom. The zero-order valence-corrected chi connectivity index (χ0v) is 12.2. The van der Waals surface area contributed by atoms with E-state index in [-0.39, 0.29) is 0 Å². The quantitative estimate of drug-likeness (QED) is 0.609. The minimum Gasteiger partial charge on any atom is -0.444 e. The Bertz CT molecular complexity index is 457. The second kappa shape index (κ2) is 6.83. The summed E-state index contributed by atoms with van der Waals surface area (Å²) in [6.07, 6.45) is 0.331. The Labute approximate surface area is 119 Å². The lowest BCUT2D eigenvalue weighted by Gasteiger charge is -2.19. The largest absolute Gasteiger partial charge is 0.444 e. The van der Waals surface area contributed by atoms with Gasteiger partial charge in [0.15, 0.2) is 0 Å². The topological polar surface area (TPSA) is 115 Å². The molecule has 1 aromatic heterocycles. The zero-order valence-electron chi connectivity index (χ0n) is 12.2.